The van der Waals surface area contributed by atoms with Crippen molar-refractivity contribution in [3.8, 4) is 0 Å². The Kier molecular flexibility index (Phi) is 5.03. The molecule has 2 aromatic rings. The maximum Gasteiger partial charge on any atom is 0.224 e. The lowest BCUT2D eigenvalue weighted by Gasteiger charge is -2.20. The molecule has 0 radical (unpaired) electrons. The summed E-state index contributed by atoms with van der Waals surface area (Å²) in [6.45, 7) is 2.65. The van der Waals surface area contributed by atoms with Gasteiger partial charge in [0.25, 0.3) is 0 Å². The van der Waals surface area contributed by atoms with E-state index in [0.717, 1.165) is 30.2 Å². The van der Waals surface area contributed by atoms with Crippen molar-refractivity contribution in [2.24, 2.45) is 0 Å². The standard InChI is InChI=1S/C18H26N6O2/c1-24(10-14-8-16(23-22-14)12-2-3-12)17-9-15(13-4-7-26-11-13)20-18(21-17)19-5-6-25/h8-9,12-13,25H,2-7,10-11H2,1H3,(H,22,23)(H,19,20,21). The summed E-state index contributed by atoms with van der Waals surface area (Å²) in [5, 5.41) is 19.7. The molecule has 0 spiro atoms. The first-order valence-electron chi connectivity index (χ1n) is 9.29. The molecule has 1 aliphatic carbocycles. The molecule has 1 unspecified atom stereocenters. The van der Waals surface area contributed by atoms with Gasteiger partial charge in [-0.15, -0.1) is 0 Å². The molecule has 8 heteroatoms. The van der Waals surface area contributed by atoms with E-state index in [1.807, 2.05) is 13.1 Å². The van der Waals surface area contributed by atoms with Crippen LogP contribution >= 0.6 is 0 Å². The van der Waals surface area contributed by atoms with Gasteiger partial charge in [0.2, 0.25) is 5.95 Å². The van der Waals surface area contributed by atoms with Crippen molar-refractivity contribution in [1.82, 2.24) is 20.2 Å². The molecule has 4 rings (SSSR count). The van der Waals surface area contributed by atoms with Gasteiger partial charge in [-0.25, -0.2) is 4.98 Å². The van der Waals surface area contributed by atoms with E-state index < -0.39 is 0 Å². The highest BCUT2D eigenvalue weighted by Gasteiger charge is 2.26. The molecular weight excluding hydrogens is 332 g/mol. The Balaban J connectivity index is 1.52. The van der Waals surface area contributed by atoms with Crippen LogP contribution in [0.15, 0.2) is 12.1 Å². The summed E-state index contributed by atoms with van der Waals surface area (Å²) >= 11 is 0. The lowest BCUT2D eigenvalue weighted by molar-refractivity contribution is 0.193. The van der Waals surface area contributed by atoms with Crippen LogP contribution in [0.5, 0.6) is 0 Å². The molecule has 3 N–H and O–H groups in total. The molecule has 1 saturated heterocycles. The second kappa shape index (κ2) is 7.59. The van der Waals surface area contributed by atoms with Gasteiger partial charge >= 0.3 is 0 Å². The fourth-order valence-corrected chi connectivity index (χ4v) is 3.26. The van der Waals surface area contributed by atoms with Crippen LogP contribution in [0.25, 0.3) is 0 Å². The maximum absolute atomic E-state index is 9.07. The van der Waals surface area contributed by atoms with Gasteiger partial charge in [-0.2, -0.15) is 10.1 Å². The fourth-order valence-electron chi connectivity index (χ4n) is 3.26. The first-order chi connectivity index (χ1) is 12.7. The summed E-state index contributed by atoms with van der Waals surface area (Å²) in [7, 11) is 2.02. The topological polar surface area (TPSA) is 99.2 Å². The van der Waals surface area contributed by atoms with Crippen molar-refractivity contribution in [3.05, 3.63) is 29.2 Å². The maximum atomic E-state index is 9.07. The molecule has 1 atom stereocenters. The highest BCUT2D eigenvalue weighted by Crippen LogP contribution is 2.39. The smallest absolute Gasteiger partial charge is 0.224 e. The van der Waals surface area contributed by atoms with E-state index in [4.69, 9.17) is 9.84 Å². The number of hydrogen-bond donors (Lipinski definition) is 3. The number of aliphatic hydroxyl groups is 1. The first-order valence-corrected chi connectivity index (χ1v) is 9.29. The third-order valence-corrected chi connectivity index (χ3v) is 4.92. The van der Waals surface area contributed by atoms with Crippen LogP contribution in [0.4, 0.5) is 11.8 Å². The number of aromatic amines is 1. The number of anilines is 2. The lowest BCUT2D eigenvalue weighted by Crippen LogP contribution is -2.20. The number of H-pyrrole nitrogens is 1. The zero-order valence-electron chi connectivity index (χ0n) is 15.1. The van der Waals surface area contributed by atoms with E-state index >= 15 is 0 Å². The van der Waals surface area contributed by atoms with E-state index in [1.165, 1.54) is 18.5 Å². The van der Waals surface area contributed by atoms with Crippen molar-refractivity contribution in [3.63, 3.8) is 0 Å². The van der Waals surface area contributed by atoms with Gasteiger partial charge in [0.05, 0.1) is 36.8 Å². The zero-order chi connectivity index (χ0) is 17.9. The van der Waals surface area contributed by atoms with Crippen molar-refractivity contribution in [2.45, 2.75) is 37.6 Å². The minimum Gasteiger partial charge on any atom is -0.395 e. The Bertz CT molecular complexity index is 739. The molecule has 0 aromatic carbocycles. The van der Waals surface area contributed by atoms with Gasteiger partial charge in [-0.1, -0.05) is 0 Å². The highest BCUT2D eigenvalue weighted by molar-refractivity contribution is 5.45. The van der Waals surface area contributed by atoms with Crippen LogP contribution in [0.1, 0.15) is 48.2 Å². The van der Waals surface area contributed by atoms with Crippen molar-refractivity contribution >= 4 is 11.8 Å². The molecule has 140 valence electrons. The quantitative estimate of drug-likeness (QED) is 0.659. The number of nitrogens with one attached hydrogen (secondary N) is 2. The Hall–Kier alpha value is -2.19. The van der Waals surface area contributed by atoms with E-state index in [2.05, 4.69) is 36.4 Å². The molecule has 1 saturated carbocycles. The summed E-state index contributed by atoms with van der Waals surface area (Å²) in [6, 6.07) is 4.20. The number of hydrogen-bond acceptors (Lipinski definition) is 7. The van der Waals surface area contributed by atoms with Crippen LogP contribution in [0.3, 0.4) is 0 Å². The molecule has 0 bridgehead atoms. The predicted molar refractivity (Wildman–Crippen MR) is 98.5 cm³/mol. The summed E-state index contributed by atoms with van der Waals surface area (Å²) in [5.74, 6) is 2.35. The summed E-state index contributed by atoms with van der Waals surface area (Å²) in [4.78, 5) is 11.3. The monoisotopic (exact) mass is 358 g/mol. The van der Waals surface area contributed by atoms with Gasteiger partial charge in [-0.05, 0) is 25.3 Å². The average Bonchev–Trinajstić information content (AvgIpc) is 3.16. The highest BCUT2D eigenvalue weighted by atomic mass is 16.5. The average molecular weight is 358 g/mol. The zero-order valence-corrected chi connectivity index (χ0v) is 15.1. The minimum atomic E-state index is 0.0450. The molecule has 8 nitrogen and oxygen atoms in total. The van der Waals surface area contributed by atoms with Crippen LogP contribution in [-0.2, 0) is 11.3 Å². The van der Waals surface area contributed by atoms with Crippen LogP contribution in [0.2, 0.25) is 0 Å². The molecule has 2 aliphatic rings. The molecule has 2 aromatic heterocycles. The minimum absolute atomic E-state index is 0.0450. The third-order valence-electron chi connectivity index (χ3n) is 4.92. The number of aromatic nitrogens is 4. The van der Waals surface area contributed by atoms with Gasteiger partial charge in [0.1, 0.15) is 5.82 Å². The van der Waals surface area contributed by atoms with E-state index in [0.29, 0.717) is 37.5 Å². The van der Waals surface area contributed by atoms with Crippen LogP contribution in [-0.4, -0.2) is 58.7 Å². The van der Waals surface area contributed by atoms with Crippen molar-refractivity contribution < 1.29 is 9.84 Å². The number of aliphatic hydroxyl groups excluding tert-OH is 1. The number of ether oxygens (including phenoxy) is 1. The SMILES string of the molecule is CN(Cc1cc(C2CC2)n[nH]1)c1cc(C2CCOC2)nc(NCCO)n1. The van der Waals surface area contributed by atoms with Crippen molar-refractivity contribution in [2.75, 3.05) is 43.6 Å². The number of nitrogens with zero attached hydrogens (tertiary/aromatic N) is 4. The van der Waals surface area contributed by atoms with E-state index in [-0.39, 0.29) is 6.61 Å². The molecule has 0 amide bonds. The van der Waals surface area contributed by atoms with Crippen molar-refractivity contribution in [1.29, 1.82) is 0 Å². The van der Waals surface area contributed by atoms with Gasteiger partial charge in [-0.3, -0.25) is 5.10 Å². The van der Waals surface area contributed by atoms with Crippen LogP contribution in [0, 0.1) is 0 Å². The molecule has 2 fully saturated rings. The lowest BCUT2D eigenvalue weighted by atomic mass is 10.0. The predicted octanol–water partition coefficient (Wildman–Crippen LogP) is 1.62. The molecular formula is C18H26N6O2. The largest absolute Gasteiger partial charge is 0.395 e. The molecule has 26 heavy (non-hydrogen) atoms. The van der Waals surface area contributed by atoms with Gasteiger partial charge < -0.3 is 20.1 Å². The molecule has 1 aliphatic heterocycles. The van der Waals surface area contributed by atoms with E-state index in [1.54, 1.807) is 0 Å². The Labute approximate surface area is 153 Å². The van der Waals surface area contributed by atoms with E-state index in [9.17, 15) is 0 Å². The third kappa shape index (κ3) is 3.96. The summed E-state index contributed by atoms with van der Waals surface area (Å²) in [5.41, 5.74) is 3.25. The Morgan fingerprint density at radius 3 is 2.85 bits per heavy atom. The molecule has 3 heterocycles. The fraction of sp³-hybridized carbons (Fsp3) is 0.611. The summed E-state index contributed by atoms with van der Waals surface area (Å²) in [6.07, 6.45) is 3.47. The second-order valence-electron chi connectivity index (χ2n) is 7.13. The summed E-state index contributed by atoms with van der Waals surface area (Å²) < 4.78 is 5.51. The number of rotatable bonds is 8. The normalized spacial score (nSPS) is 19.7. The Morgan fingerprint density at radius 2 is 2.12 bits per heavy atom. The Morgan fingerprint density at radius 1 is 1.23 bits per heavy atom. The van der Waals surface area contributed by atoms with Gasteiger partial charge in [0, 0.05) is 38.1 Å². The van der Waals surface area contributed by atoms with Gasteiger partial charge in [0.15, 0.2) is 0 Å². The second-order valence-corrected chi connectivity index (χ2v) is 7.13. The van der Waals surface area contributed by atoms with Crippen LogP contribution < -0.4 is 10.2 Å². The first kappa shape index (κ1) is 17.2.